The van der Waals surface area contributed by atoms with Crippen molar-refractivity contribution in [2.45, 2.75) is 18.9 Å². The summed E-state index contributed by atoms with van der Waals surface area (Å²) in [7, 11) is 1.29. The van der Waals surface area contributed by atoms with Gasteiger partial charge in [-0.2, -0.15) is 0 Å². The van der Waals surface area contributed by atoms with Crippen LogP contribution < -0.4 is 4.18 Å². The van der Waals surface area contributed by atoms with Crippen molar-refractivity contribution in [1.82, 2.24) is 4.90 Å². The largest absolute Gasteiger partial charge is 0.467 e. The highest BCUT2D eigenvalue weighted by Gasteiger charge is 2.36. The summed E-state index contributed by atoms with van der Waals surface area (Å²) in [5.74, 6) is -0.655. The van der Waals surface area contributed by atoms with Crippen molar-refractivity contribution < 1.29 is 22.4 Å². The second-order valence-corrected chi connectivity index (χ2v) is 4.61. The van der Waals surface area contributed by atoms with E-state index in [0.717, 1.165) is 6.42 Å². The molecule has 1 atom stereocenters. The lowest BCUT2D eigenvalue weighted by Gasteiger charge is -2.23. The Bertz CT molecular complexity index is 511. The highest BCUT2D eigenvalue weighted by molar-refractivity contribution is 7.89. The van der Waals surface area contributed by atoms with Crippen molar-refractivity contribution in [3.63, 3.8) is 0 Å². The second kappa shape index (κ2) is 6.60. The number of carbonyl (C=O) groups excluding carboxylic acids is 2. The zero-order valence-corrected chi connectivity index (χ0v) is 11.7. The van der Waals surface area contributed by atoms with Crippen LogP contribution in [0.1, 0.15) is 23.2 Å². The van der Waals surface area contributed by atoms with E-state index in [0.29, 0.717) is 13.0 Å². The van der Waals surface area contributed by atoms with E-state index in [9.17, 15) is 13.5 Å². The average Bonchev–Trinajstić information content (AvgIpc) is 2.96. The first-order valence-electron chi connectivity index (χ1n) is 6.12. The molecule has 108 valence electrons. The van der Waals surface area contributed by atoms with Crippen molar-refractivity contribution in [3.05, 3.63) is 29.8 Å². The normalized spacial score (nSPS) is 17.9. The molecule has 2 rings (SSSR count). The molecule has 1 heterocycles. The van der Waals surface area contributed by atoms with Crippen LogP contribution >= 0.6 is 12.4 Å². The van der Waals surface area contributed by atoms with Gasteiger partial charge in [-0.05, 0) is 25.0 Å². The Morgan fingerprint density at radius 2 is 2.15 bits per heavy atom. The molecule has 1 fully saturated rings. The number of rotatable bonds is 4. The van der Waals surface area contributed by atoms with Gasteiger partial charge in [0.2, 0.25) is 0 Å². The van der Waals surface area contributed by atoms with Crippen LogP contribution in [-0.4, -0.2) is 36.5 Å². The highest BCUT2D eigenvalue weighted by atomic mass is 32.2. The van der Waals surface area contributed by atoms with E-state index >= 15 is 0 Å². The predicted octanol–water partition coefficient (Wildman–Crippen LogP) is 2.38. The quantitative estimate of drug-likeness (QED) is 0.631. The van der Waals surface area contributed by atoms with Gasteiger partial charge in [-0.15, -0.1) is 3.89 Å². The standard InChI is InChI=1S/C13H14FNO4S/c1-18-13(17)10-6-4-8-15(10)12(16)9-5-2-3-7-11(9)19-20-14/h2-3,5,7,10H,4,6,8H2,1H3. The number of hydrogen-bond donors (Lipinski definition) is 0. The summed E-state index contributed by atoms with van der Waals surface area (Å²) >= 11 is -0.322. The number of carbonyl (C=O) groups is 2. The molecule has 0 saturated carbocycles. The summed E-state index contributed by atoms with van der Waals surface area (Å²) in [6.07, 6.45) is 1.30. The lowest BCUT2D eigenvalue weighted by molar-refractivity contribution is -0.145. The van der Waals surface area contributed by atoms with Crippen LogP contribution in [0, 0.1) is 0 Å². The molecule has 0 bridgehead atoms. The average molecular weight is 299 g/mol. The number of hydrogen-bond acceptors (Lipinski definition) is 5. The lowest BCUT2D eigenvalue weighted by Crippen LogP contribution is -2.41. The predicted molar refractivity (Wildman–Crippen MR) is 71.8 cm³/mol. The van der Waals surface area contributed by atoms with E-state index in [1.807, 2.05) is 0 Å². The summed E-state index contributed by atoms with van der Waals surface area (Å²) in [6, 6.07) is 5.76. The van der Waals surface area contributed by atoms with E-state index in [-0.39, 0.29) is 29.6 Å². The molecule has 1 aliphatic heterocycles. The molecule has 20 heavy (non-hydrogen) atoms. The number of nitrogens with zero attached hydrogens (tertiary/aromatic N) is 1. The first-order valence-corrected chi connectivity index (χ1v) is 6.76. The number of ether oxygens (including phenoxy) is 1. The third-order valence-electron chi connectivity index (χ3n) is 3.23. The molecular formula is C13H14FNO4S. The molecule has 1 aromatic carbocycles. The van der Waals surface area contributed by atoms with Crippen LogP contribution in [0.25, 0.3) is 0 Å². The van der Waals surface area contributed by atoms with E-state index in [4.69, 9.17) is 8.92 Å². The molecule has 1 aliphatic rings. The zero-order valence-electron chi connectivity index (χ0n) is 10.9. The first kappa shape index (κ1) is 14.6. The van der Waals surface area contributed by atoms with Crippen LogP contribution in [0.4, 0.5) is 3.89 Å². The van der Waals surface area contributed by atoms with Crippen LogP contribution in [0.15, 0.2) is 24.3 Å². The number of amides is 1. The number of benzene rings is 1. The number of halogens is 1. The van der Waals surface area contributed by atoms with Gasteiger partial charge in [0, 0.05) is 6.54 Å². The van der Waals surface area contributed by atoms with Crippen molar-refractivity contribution in [2.75, 3.05) is 13.7 Å². The zero-order chi connectivity index (χ0) is 14.5. The monoisotopic (exact) mass is 299 g/mol. The molecule has 7 heteroatoms. The minimum Gasteiger partial charge on any atom is -0.467 e. The molecule has 0 N–H and O–H groups in total. The topological polar surface area (TPSA) is 55.8 Å². The van der Waals surface area contributed by atoms with Gasteiger partial charge in [-0.3, -0.25) is 4.79 Å². The fraction of sp³-hybridized carbons (Fsp3) is 0.385. The smallest absolute Gasteiger partial charge is 0.328 e. The summed E-state index contributed by atoms with van der Waals surface area (Å²) < 4.78 is 21.7. The maximum absolute atomic E-state index is 12.5. The molecule has 1 amide bonds. The molecule has 1 unspecified atom stereocenters. The molecule has 0 aromatic heterocycles. The summed E-state index contributed by atoms with van der Waals surface area (Å²) in [5, 5.41) is 0. The van der Waals surface area contributed by atoms with Crippen LogP contribution in [-0.2, 0) is 9.53 Å². The molecule has 1 saturated heterocycles. The molecule has 1 aromatic rings. The van der Waals surface area contributed by atoms with E-state index in [1.165, 1.54) is 18.1 Å². The van der Waals surface area contributed by atoms with E-state index in [1.54, 1.807) is 18.2 Å². The summed E-state index contributed by atoms with van der Waals surface area (Å²) in [5.41, 5.74) is 0.230. The minimum absolute atomic E-state index is 0.139. The summed E-state index contributed by atoms with van der Waals surface area (Å²) in [6.45, 7) is 0.468. The Labute approximate surface area is 120 Å². The Kier molecular flexibility index (Phi) is 4.84. The lowest BCUT2D eigenvalue weighted by atomic mass is 10.1. The second-order valence-electron chi connectivity index (χ2n) is 4.32. The number of likely N-dealkylation sites (tertiary alicyclic amines) is 1. The van der Waals surface area contributed by atoms with Gasteiger partial charge in [0.15, 0.2) is 5.75 Å². The van der Waals surface area contributed by atoms with E-state index < -0.39 is 12.0 Å². The Morgan fingerprint density at radius 3 is 2.85 bits per heavy atom. The van der Waals surface area contributed by atoms with Gasteiger partial charge < -0.3 is 13.8 Å². The minimum atomic E-state index is -0.585. The van der Waals surface area contributed by atoms with Gasteiger partial charge >= 0.3 is 5.97 Å². The Hall–Kier alpha value is -1.76. The first-order chi connectivity index (χ1) is 9.69. The highest BCUT2D eigenvalue weighted by Crippen LogP contribution is 2.27. The van der Waals surface area contributed by atoms with Crippen molar-refractivity contribution in [1.29, 1.82) is 0 Å². The molecule has 0 spiro atoms. The third-order valence-corrected chi connectivity index (χ3v) is 3.47. The number of esters is 1. The van der Waals surface area contributed by atoms with Crippen LogP contribution in [0.2, 0.25) is 0 Å². The van der Waals surface area contributed by atoms with Crippen LogP contribution in [0.5, 0.6) is 5.75 Å². The number of methoxy groups -OCH3 is 1. The molecular weight excluding hydrogens is 285 g/mol. The van der Waals surface area contributed by atoms with Crippen molar-refractivity contribution in [3.8, 4) is 5.75 Å². The SMILES string of the molecule is COC(=O)C1CCCN1C(=O)c1ccccc1OSF. The molecule has 0 radical (unpaired) electrons. The maximum Gasteiger partial charge on any atom is 0.328 e. The molecule has 5 nitrogen and oxygen atoms in total. The number of para-hydroxylation sites is 1. The van der Waals surface area contributed by atoms with Gasteiger partial charge in [-0.25, -0.2) is 4.79 Å². The van der Waals surface area contributed by atoms with E-state index in [2.05, 4.69) is 0 Å². The fourth-order valence-corrected chi connectivity index (χ4v) is 2.51. The van der Waals surface area contributed by atoms with Crippen molar-refractivity contribution in [2.24, 2.45) is 0 Å². The van der Waals surface area contributed by atoms with Gasteiger partial charge in [0.25, 0.3) is 18.3 Å². The van der Waals surface area contributed by atoms with Gasteiger partial charge in [-0.1, -0.05) is 12.1 Å². The Balaban J connectivity index is 2.24. The molecule has 0 aliphatic carbocycles. The van der Waals surface area contributed by atoms with Crippen molar-refractivity contribution >= 4 is 24.3 Å². The third kappa shape index (κ3) is 2.87. The van der Waals surface area contributed by atoms with Gasteiger partial charge in [0.1, 0.15) is 6.04 Å². The maximum atomic E-state index is 12.5. The van der Waals surface area contributed by atoms with Crippen LogP contribution in [0.3, 0.4) is 0 Å². The summed E-state index contributed by atoms with van der Waals surface area (Å²) in [4.78, 5) is 25.6. The van der Waals surface area contributed by atoms with Gasteiger partial charge in [0.05, 0.1) is 12.7 Å². The Morgan fingerprint density at radius 1 is 1.40 bits per heavy atom. The fourth-order valence-electron chi connectivity index (χ4n) is 2.30.